The van der Waals surface area contributed by atoms with Crippen LogP contribution in [0.15, 0.2) is 59.5 Å². The van der Waals surface area contributed by atoms with E-state index >= 15 is 0 Å². The number of aromatic nitrogens is 2. The second-order valence-corrected chi connectivity index (χ2v) is 11.4. The highest BCUT2D eigenvalue weighted by Gasteiger charge is 2.41. The van der Waals surface area contributed by atoms with E-state index in [9.17, 15) is 24.4 Å². The first-order valence-electron chi connectivity index (χ1n) is 12.7. The molecule has 0 saturated carbocycles. The van der Waals surface area contributed by atoms with Crippen molar-refractivity contribution in [1.29, 1.82) is 0 Å². The molecule has 1 fully saturated rings. The Hall–Kier alpha value is -3.32. The lowest BCUT2D eigenvalue weighted by molar-refractivity contribution is -0.205. The van der Waals surface area contributed by atoms with Gasteiger partial charge in [0.15, 0.2) is 6.23 Å². The smallest absolute Gasteiger partial charge is 0.459 e. The van der Waals surface area contributed by atoms with Crippen LogP contribution in [0.5, 0.6) is 5.75 Å². The fraction of sp³-hybridized carbons (Fsp3) is 0.423. The van der Waals surface area contributed by atoms with Crippen molar-refractivity contribution < 1.29 is 38.1 Å². The monoisotopic (exact) mass is 576 g/mol. The molecule has 0 amide bonds. The number of fused-ring (bicyclic) bond motifs is 1. The van der Waals surface area contributed by atoms with Crippen LogP contribution in [0.25, 0.3) is 10.8 Å². The average Bonchev–Trinajstić information content (AvgIpc) is 2.88. The van der Waals surface area contributed by atoms with E-state index in [0.717, 1.165) is 9.95 Å². The lowest BCUT2D eigenvalue weighted by Crippen LogP contribution is -2.49. The van der Waals surface area contributed by atoms with Gasteiger partial charge in [-0.2, -0.15) is 10.1 Å². The van der Waals surface area contributed by atoms with Crippen molar-refractivity contribution in [2.24, 2.45) is 0 Å². The Morgan fingerprint density at radius 1 is 1.18 bits per heavy atom. The van der Waals surface area contributed by atoms with Gasteiger partial charge in [0.1, 0.15) is 29.8 Å². The van der Waals surface area contributed by atoms with Crippen molar-refractivity contribution in [2.75, 3.05) is 12.3 Å². The summed E-state index contributed by atoms with van der Waals surface area (Å²) in [5.74, 6) is -0.446. The first-order valence-corrected chi connectivity index (χ1v) is 14.3. The molecule has 0 radical (unpaired) electrons. The number of ether oxygens (including phenoxy) is 2. The van der Waals surface area contributed by atoms with Gasteiger partial charge in [-0.3, -0.25) is 13.9 Å². The van der Waals surface area contributed by atoms with Crippen molar-refractivity contribution in [2.45, 2.75) is 63.9 Å². The molecule has 14 heteroatoms. The zero-order valence-corrected chi connectivity index (χ0v) is 23.1. The molecular weight excluding hydrogens is 543 g/mol. The summed E-state index contributed by atoms with van der Waals surface area (Å²) in [4.78, 5) is 28.5. The average molecular weight is 577 g/mol. The number of nitrogen functional groups attached to an aromatic ring is 1. The largest absolute Gasteiger partial charge is 0.462 e. The number of carbonyl (C=O) groups is 1. The zero-order valence-electron chi connectivity index (χ0n) is 22.2. The number of aliphatic hydroxyl groups excluding tert-OH is 2. The molecule has 1 saturated heterocycles. The minimum absolute atomic E-state index is 0.00539. The molecule has 40 heavy (non-hydrogen) atoms. The molecule has 0 aliphatic carbocycles. The first kappa shape index (κ1) is 29.7. The van der Waals surface area contributed by atoms with Gasteiger partial charge in [0.25, 0.3) is 0 Å². The fourth-order valence-electron chi connectivity index (χ4n) is 4.19. The lowest BCUT2D eigenvalue weighted by Gasteiger charge is -2.38. The fourth-order valence-corrected chi connectivity index (χ4v) is 5.71. The molecule has 2 unspecified atom stereocenters. The molecule has 216 valence electrons. The summed E-state index contributed by atoms with van der Waals surface area (Å²) >= 11 is 0. The molecule has 1 aliphatic rings. The predicted octanol–water partition coefficient (Wildman–Crippen LogP) is 2.12. The maximum Gasteiger partial charge on any atom is 0.459 e. The third-order valence-corrected chi connectivity index (χ3v) is 7.74. The van der Waals surface area contributed by atoms with E-state index in [1.807, 2.05) is 18.2 Å². The van der Waals surface area contributed by atoms with Gasteiger partial charge >= 0.3 is 19.4 Å². The van der Waals surface area contributed by atoms with Crippen molar-refractivity contribution >= 4 is 30.3 Å². The third kappa shape index (κ3) is 7.05. The summed E-state index contributed by atoms with van der Waals surface area (Å²) in [6.07, 6.45) is -4.11. The van der Waals surface area contributed by atoms with Crippen molar-refractivity contribution in [3.05, 3.63) is 65.2 Å². The highest BCUT2D eigenvalue weighted by Crippen LogP contribution is 2.47. The predicted molar refractivity (Wildman–Crippen MR) is 145 cm³/mol. The Kier molecular flexibility index (Phi) is 9.24. The van der Waals surface area contributed by atoms with E-state index in [-0.39, 0.29) is 18.0 Å². The Bertz CT molecular complexity index is 1440. The van der Waals surface area contributed by atoms with Gasteiger partial charge < -0.3 is 29.9 Å². The number of benzene rings is 2. The molecule has 0 bridgehead atoms. The summed E-state index contributed by atoms with van der Waals surface area (Å²) in [7, 11) is -4.32. The van der Waals surface area contributed by atoms with Gasteiger partial charge in [0, 0.05) is 18.0 Å². The number of rotatable bonds is 10. The maximum absolute atomic E-state index is 14.1. The summed E-state index contributed by atoms with van der Waals surface area (Å²) in [6, 6.07) is 12.7. The number of hydrogen-bond acceptors (Lipinski definition) is 11. The molecule has 3 aromatic rings. The molecule has 1 aliphatic heterocycles. The van der Waals surface area contributed by atoms with Crippen LogP contribution in [0.3, 0.4) is 0 Å². The SMILES string of the molecule is CC(C)OC(=O)[C@H](C)NP(=O)(OC[C@H]1O[C@@H](n2ccc(N)nc2=O)C(O)C[C@@H]1O)Oc1cccc2ccccc12. The summed E-state index contributed by atoms with van der Waals surface area (Å²) < 4.78 is 37.7. The second-order valence-electron chi connectivity index (χ2n) is 9.68. The zero-order chi connectivity index (χ0) is 29.0. The lowest BCUT2D eigenvalue weighted by atomic mass is 10.0. The number of aliphatic hydroxyl groups is 2. The van der Waals surface area contributed by atoms with E-state index in [0.29, 0.717) is 5.39 Å². The Morgan fingerprint density at radius 3 is 2.62 bits per heavy atom. The Morgan fingerprint density at radius 2 is 1.90 bits per heavy atom. The number of esters is 1. The van der Waals surface area contributed by atoms with Gasteiger partial charge in [0.05, 0.1) is 18.8 Å². The maximum atomic E-state index is 14.1. The number of nitrogens with zero attached hydrogens (tertiary/aromatic N) is 2. The van der Waals surface area contributed by atoms with E-state index in [2.05, 4.69) is 10.1 Å². The van der Waals surface area contributed by atoms with Crippen LogP contribution in [0.4, 0.5) is 5.82 Å². The Labute approximate surface area is 230 Å². The quantitative estimate of drug-likeness (QED) is 0.204. The first-order chi connectivity index (χ1) is 19.0. The normalized spacial score (nSPS) is 23.4. The molecule has 5 N–H and O–H groups in total. The summed E-state index contributed by atoms with van der Waals surface area (Å²) in [6.45, 7) is 4.33. The van der Waals surface area contributed by atoms with E-state index in [1.165, 1.54) is 19.2 Å². The topological polar surface area (TPSA) is 184 Å². The third-order valence-electron chi connectivity index (χ3n) is 6.12. The minimum atomic E-state index is -4.32. The number of hydrogen-bond donors (Lipinski definition) is 4. The van der Waals surface area contributed by atoms with Crippen LogP contribution in [-0.2, 0) is 23.4 Å². The van der Waals surface area contributed by atoms with Crippen LogP contribution in [-0.4, -0.2) is 62.8 Å². The van der Waals surface area contributed by atoms with E-state index in [4.69, 9.17) is 24.3 Å². The van der Waals surface area contributed by atoms with E-state index in [1.54, 1.807) is 38.1 Å². The van der Waals surface area contributed by atoms with Gasteiger partial charge in [-0.25, -0.2) is 9.36 Å². The Balaban J connectivity index is 1.58. The minimum Gasteiger partial charge on any atom is -0.462 e. The summed E-state index contributed by atoms with van der Waals surface area (Å²) in [5, 5.41) is 25.2. The van der Waals surface area contributed by atoms with Gasteiger partial charge in [0.2, 0.25) is 0 Å². The number of carbonyl (C=O) groups excluding carboxylic acids is 1. The number of anilines is 1. The molecule has 0 spiro atoms. The highest BCUT2D eigenvalue weighted by atomic mass is 31.2. The van der Waals surface area contributed by atoms with Crippen molar-refractivity contribution in [3.8, 4) is 5.75 Å². The molecule has 4 rings (SSSR count). The van der Waals surface area contributed by atoms with Crippen LogP contribution in [0, 0.1) is 0 Å². The molecular formula is C26H33N4O9P. The molecule has 1 aromatic heterocycles. The molecule has 2 aromatic carbocycles. The van der Waals surface area contributed by atoms with Crippen LogP contribution < -0.4 is 21.0 Å². The van der Waals surface area contributed by atoms with Crippen LogP contribution in [0.2, 0.25) is 0 Å². The van der Waals surface area contributed by atoms with Crippen molar-refractivity contribution in [3.63, 3.8) is 0 Å². The second kappa shape index (κ2) is 12.5. The summed E-state index contributed by atoms with van der Waals surface area (Å²) in [5.41, 5.74) is 4.79. The van der Waals surface area contributed by atoms with Gasteiger partial charge in [-0.15, -0.1) is 0 Å². The van der Waals surface area contributed by atoms with E-state index < -0.39 is 62.7 Å². The highest BCUT2D eigenvalue weighted by molar-refractivity contribution is 7.52. The number of nitrogens with two attached hydrogens (primary N) is 1. The standard InChI is InChI=1S/C26H33N4O9P/c1-15(2)37-25(33)16(3)29-40(35,39-21-10-6-8-17-7-4-5-9-18(17)21)36-14-22-19(31)13-20(32)24(38-22)30-12-11-23(27)28-26(30)34/h4-12,15-16,19-20,22,24,31-32H,13-14H2,1-3H3,(H,29,35)(H2,27,28,34)/t16-,19-,20?,22+,24+,40?/m0/s1. The number of nitrogens with one attached hydrogen (secondary N) is 1. The van der Waals surface area contributed by atoms with Crippen LogP contribution >= 0.6 is 7.75 Å². The molecule has 2 heterocycles. The van der Waals surface area contributed by atoms with Crippen LogP contribution in [0.1, 0.15) is 33.4 Å². The van der Waals surface area contributed by atoms with Gasteiger partial charge in [-0.1, -0.05) is 36.4 Å². The van der Waals surface area contributed by atoms with Gasteiger partial charge in [-0.05, 0) is 38.3 Å². The van der Waals surface area contributed by atoms with Crippen molar-refractivity contribution in [1.82, 2.24) is 14.6 Å². The molecule has 13 nitrogen and oxygen atoms in total. The molecule has 6 atom stereocenters.